The van der Waals surface area contributed by atoms with Crippen LogP contribution >= 0.6 is 0 Å². The lowest BCUT2D eigenvalue weighted by Gasteiger charge is -2.51. The summed E-state index contributed by atoms with van der Waals surface area (Å²) < 4.78 is 24.3. The summed E-state index contributed by atoms with van der Waals surface area (Å²) in [6.07, 6.45) is 0.862. The lowest BCUT2D eigenvalue weighted by atomic mass is 9.78. The van der Waals surface area contributed by atoms with E-state index in [1.54, 1.807) is 17.0 Å². The number of carbonyl (C=O) groups is 1. The van der Waals surface area contributed by atoms with Crippen molar-refractivity contribution < 1.29 is 23.8 Å². The van der Waals surface area contributed by atoms with E-state index in [-0.39, 0.29) is 30.6 Å². The van der Waals surface area contributed by atoms with Crippen LogP contribution in [0, 0.1) is 5.82 Å². The van der Waals surface area contributed by atoms with Crippen LogP contribution in [0.5, 0.6) is 0 Å². The van der Waals surface area contributed by atoms with E-state index in [0.29, 0.717) is 32.5 Å². The molecule has 0 saturated carbocycles. The second-order valence-corrected chi connectivity index (χ2v) is 7.73. The Hall–Kier alpha value is -2.44. The molecule has 0 spiro atoms. The highest BCUT2D eigenvalue weighted by molar-refractivity contribution is 5.69. The summed E-state index contributed by atoms with van der Waals surface area (Å²) in [5.41, 5.74) is 0.859. The van der Waals surface area contributed by atoms with E-state index < -0.39 is 5.60 Å². The van der Waals surface area contributed by atoms with Crippen LogP contribution in [0.1, 0.15) is 24.0 Å². The van der Waals surface area contributed by atoms with E-state index in [0.717, 1.165) is 11.1 Å². The van der Waals surface area contributed by atoms with E-state index in [9.17, 15) is 14.3 Å². The summed E-state index contributed by atoms with van der Waals surface area (Å²) >= 11 is 0. The number of ether oxygens (including phenoxy) is 2. The Morgan fingerprint density at radius 2 is 1.71 bits per heavy atom. The molecule has 1 N–H and O–H groups in total. The zero-order chi connectivity index (χ0) is 19.6. The number of carbonyl (C=O) groups excluding carboxylic acids is 1. The van der Waals surface area contributed by atoms with E-state index >= 15 is 0 Å². The molecule has 0 aromatic heterocycles. The number of aliphatic hydroxyl groups is 1. The highest BCUT2D eigenvalue weighted by Crippen LogP contribution is 2.37. The van der Waals surface area contributed by atoms with Gasteiger partial charge in [0.2, 0.25) is 0 Å². The molecule has 2 bridgehead atoms. The molecule has 2 aliphatic rings. The molecular formula is C22H24FNO4. The van der Waals surface area contributed by atoms with Crippen molar-refractivity contribution in [3.8, 4) is 0 Å². The molecule has 1 amide bonds. The molecule has 5 nitrogen and oxygen atoms in total. The average Bonchev–Trinajstić information content (AvgIpc) is 2.68. The average molecular weight is 385 g/mol. The van der Waals surface area contributed by atoms with Crippen LogP contribution in [0.15, 0.2) is 54.6 Å². The van der Waals surface area contributed by atoms with Gasteiger partial charge in [-0.2, -0.15) is 0 Å². The molecule has 2 heterocycles. The second kappa shape index (κ2) is 7.89. The van der Waals surface area contributed by atoms with Gasteiger partial charge in [0.05, 0.1) is 30.9 Å². The van der Waals surface area contributed by atoms with Crippen molar-refractivity contribution >= 4 is 6.09 Å². The third-order valence-electron chi connectivity index (χ3n) is 5.50. The number of hydrogen-bond donors (Lipinski definition) is 1. The van der Waals surface area contributed by atoms with Crippen molar-refractivity contribution in [1.29, 1.82) is 0 Å². The highest BCUT2D eigenvalue weighted by atomic mass is 19.1. The van der Waals surface area contributed by atoms with Gasteiger partial charge < -0.3 is 14.6 Å². The third-order valence-corrected chi connectivity index (χ3v) is 5.50. The summed E-state index contributed by atoms with van der Waals surface area (Å²) in [5, 5.41) is 11.2. The van der Waals surface area contributed by atoms with Crippen molar-refractivity contribution in [1.82, 2.24) is 4.90 Å². The van der Waals surface area contributed by atoms with Gasteiger partial charge in [0.25, 0.3) is 0 Å². The van der Waals surface area contributed by atoms with Gasteiger partial charge in [-0.3, -0.25) is 4.90 Å². The normalized spacial score (nSPS) is 26.7. The fraction of sp³-hybridized carbons (Fsp3) is 0.409. The maximum absolute atomic E-state index is 13.1. The standard InChI is InChI=1S/C22H24FNO4/c23-18-8-6-16(7-9-18)10-22(26)11-19-14-27-15-20(12-22)24(19)21(25)28-13-17-4-2-1-3-5-17/h1-9,19-20,26H,10-15H2. The molecule has 148 valence electrons. The van der Waals surface area contributed by atoms with Gasteiger partial charge in [0, 0.05) is 6.42 Å². The maximum atomic E-state index is 13.1. The lowest BCUT2D eigenvalue weighted by Crippen LogP contribution is -2.64. The molecule has 0 radical (unpaired) electrons. The van der Waals surface area contributed by atoms with Crippen molar-refractivity contribution in [2.24, 2.45) is 0 Å². The third kappa shape index (κ3) is 4.18. The van der Waals surface area contributed by atoms with Crippen LogP contribution in [0.2, 0.25) is 0 Å². The van der Waals surface area contributed by atoms with Gasteiger partial charge >= 0.3 is 6.09 Å². The smallest absolute Gasteiger partial charge is 0.410 e. The highest BCUT2D eigenvalue weighted by Gasteiger charge is 2.48. The van der Waals surface area contributed by atoms with Crippen LogP contribution in [-0.4, -0.2) is 47.0 Å². The Morgan fingerprint density at radius 1 is 1.07 bits per heavy atom. The number of piperidine rings is 1. The monoisotopic (exact) mass is 385 g/mol. The van der Waals surface area contributed by atoms with Crippen LogP contribution in [-0.2, 0) is 22.5 Å². The molecule has 2 fully saturated rings. The van der Waals surface area contributed by atoms with Crippen LogP contribution in [0.3, 0.4) is 0 Å². The number of hydrogen-bond acceptors (Lipinski definition) is 4. The molecule has 2 unspecified atom stereocenters. The first kappa shape index (κ1) is 18.9. The second-order valence-electron chi connectivity index (χ2n) is 7.73. The Bertz CT molecular complexity index is 797. The predicted molar refractivity (Wildman–Crippen MR) is 101 cm³/mol. The Morgan fingerprint density at radius 3 is 2.36 bits per heavy atom. The molecular weight excluding hydrogens is 361 g/mol. The van der Waals surface area contributed by atoms with Gasteiger partial charge in [-0.25, -0.2) is 9.18 Å². The molecule has 2 atom stereocenters. The predicted octanol–water partition coefficient (Wildman–Crippen LogP) is 3.30. The molecule has 2 saturated heterocycles. The van der Waals surface area contributed by atoms with E-state index in [2.05, 4.69) is 0 Å². The molecule has 2 aromatic carbocycles. The van der Waals surface area contributed by atoms with Crippen molar-refractivity contribution in [3.63, 3.8) is 0 Å². The molecule has 4 rings (SSSR count). The molecule has 6 heteroatoms. The number of fused-ring (bicyclic) bond motifs is 2. The van der Waals surface area contributed by atoms with Gasteiger partial charge in [-0.05, 0) is 36.1 Å². The quantitative estimate of drug-likeness (QED) is 0.877. The number of nitrogens with zero attached hydrogens (tertiary/aromatic N) is 1. The fourth-order valence-electron chi connectivity index (χ4n) is 4.29. The van der Waals surface area contributed by atoms with Gasteiger partial charge in [0.15, 0.2) is 0 Å². The van der Waals surface area contributed by atoms with Gasteiger partial charge in [0.1, 0.15) is 12.4 Å². The number of rotatable bonds is 4. The van der Waals surface area contributed by atoms with Crippen LogP contribution in [0.4, 0.5) is 9.18 Å². The topological polar surface area (TPSA) is 59.0 Å². The number of halogens is 1. The SMILES string of the molecule is O=C(OCc1ccccc1)N1C2COCC1CC(O)(Cc1ccc(F)cc1)C2. The maximum Gasteiger partial charge on any atom is 0.410 e. The zero-order valence-electron chi connectivity index (χ0n) is 15.6. The van der Waals surface area contributed by atoms with E-state index in [1.807, 2.05) is 30.3 Å². The summed E-state index contributed by atoms with van der Waals surface area (Å²) in [4.78, 5) is 14.4. The number of morpholine rings is 1. The largest absolute Gasteiger partial charge is 0.445 e. The summed E-state index contributed by atoms with van der Waals surface area (Å²) in [5.74, 6) is -0.294. The summed E-state index contributed by atoms with van der Waals surface area (Å²) in [6, 6.07) is 15.3. The van der Waals surface area contributed by atoms with Crippen molar-refractivity contribution in [2.75, 3.05) is 13.2 Å². The van der Waals surface area contributed by atoms with E-state index in [1.165, 1.54) is 12.1 Å². The molecule has 0 aliphatic carbocycles. The Kier molecular flexibility index (Phi) is 5.33. The first-order valence-corrected chi connectivity index (χ1v) is 9.56. The van der Waals surface area contributed by atoms with E-state index in [4.69, 9.17) is 9.47 Å². The number of amides is 1. The summed E-state index contributed by atoms with van der Waals surface area (Å²) in [6.45, 7) is 0.974. The molecule has 2 aromatic rings. The zero-order valence-corrected chi connectivity index (χ0v) is 15.6. The molecule has 2 aliphatic heterocycles. The van der Waals surface area contributed by atoms with Crippen molar-refractivity contribution in [3.05, 3.63) is 71.5 Å². The number of benzene rings is 2. The Labute approximate surface area is 163 Å². The fourth-order valence-corrected chi connectivity index (χ4v) is 4.29. The van der Waals surface area contributed by atoms with Crippen LogP contribution in [0.25, 0.3) is 0 Å². The van der Waals surface area contributed by atoms with Crippen molar-refractivity contribution in [2.45, 2.75) is 43.6 Å². The first-order chi connectivity index (χ1) is 13.5. The minimum atomic E-state index is -0.951. The minimum Gasteiger partial charge on any atom is -0.445 e. The van der Waals surface area contributed by atoms with Gasteiger partial charge in [-0.15, -0.1) is 0 Å². The molecule has 28 heavy (non-hydrogen) atoms. The minimum absolute atomic E-state index is 0.219. The lowest BCUT2D eigenvalue weighted by molar-refractivity contribution is -0.132. The van der Waals surface area contributed by atoms with Crippen LogP contribution < -0.4 is 0 Å². The summed E-state index contributed by atoms with van der Waals surface area (Å²) in [7, 11) is 0. The Balaban J connectivity index is 1.42. The first-order valence-electron chi connectivity index (χ1n) is 9.56. The van der Waals surface area contributed by atoms with Gasteiger partial charge in [-0.1, -0.05) is 42.5 Å².